The highest BCUT2D eigenvalue weighted by Crippen LogP contribution is 2.30. The minimum atomic E-state index is -0.383. The molecule has 0 bridgehead atoms. The Balaban J connectivity index is 2.31. The Kier molecular flexibility index (Phi) is 5.38. The van der Waals surface area contributed by atoms with Crippen LogP contribution in [0.1, 0.15) is 36.6 Å². The smallest absolute Gasteiger partial charge is 0.142 e. The first-order valence-corrected chi connectivity index (χ1v) is 7.60. The fourth-order valence-electron chi connectivity index (χ4n) is 2.56. The van der Waals surface area contributed by atoms with Crippen LogP contribution in [0, 0.1) is 11.7 Å². The van der Waals surface area contributed by atoms with Gasteiger partial charge in [-0.3, -0.25) is 0 Å². The molecule has 0 spiro atoms. The summed E-state index contributed by atoms with van der Waals surface area (Å²) in [7, 11) is 1.86. The first-order valence-electron chi connectivity index (χ1n) is 7.23. The monoisotopic (exact) mass is 305 g/mol. The van der Waals surface area contributed by atoms with Crippen LogP contribution in [0.4, 0.5) is 4.39 Å². The van der Waals surface area contributed by atoms with E-state index in [0.29, 0.717) is 5.92 Å². The molecular weight excluding hydrogens is 285 g/mol. The zero-order chi connectivity index (χ0) is 15.4. The molecule has 0 saturated carbocycles. The van der Waals surface area contributed by atoms with Gasteiger partial charge in [0.15, 0.2) is 0 Å². The van der Waals surface area contributed by atoms with Crippen molar-refractivity contribution in [2.45, 2.75) is 26.3 Å². The average Bonchev–Trinajstić information content (AvgIpc) is 2.45. The number of halogens is 2. The number of hydrogen-bond donors (Lipinski definition) is 1. The van der Waals surface area contributed by atoms with Crippen LogP contribution in [0.2, 0.25) is 5.02 Å². The molecule has 1 atom stereocenters. The van der Waals surface area contributed by atoms with Crippen LogP contribution in [0.15, 0.2) is 42.5 Å². The van der Waals surface area contributed by atoms with Gasteiger partial charge in [-0.15, -0.1) is 0 Å². The zero-order valence-electron chi connectivity index (χ0n) is 12.7. The predicted molar refractivity (Wildman–Crippen MR) is 87.3 cm³/mol. The van der Waals surface area contributed by atoms with Crippen molar-refractivity contribution >= 4 is 11.6 Å². The summed E-state index contributed by atoms with van der Waals surface area (Å²) in [6.45, 7) is 4.41. The van der Waals surface area contributed by atoms with Gasteiger partial charge in [0.1, 0.15) is 5.82 Å². The zero-order valence-corrected chi connectivity index (χ0v) is 13.4. The molecule has 0 aliphatic rings. The lowest BCUT2D eigenvalue weighted by Gasteiger charge is -2.19. The highest BCUT2D eigenvalue weighted by molar-refractivity contribution is 6.31. The van der Waals surface area contributed by atoms with Gasteiger partial charge in [0.2, 0.25) is 0 Å². The SMILES string of the molecule is CNC(c1ccc(CC(C)C)cc1)c1cccc(F)c1Cl. The largest absolute Gasteiger partial charge is 0.309 e. The third kappa shape index (κ3) is 3.84. The summed E-state index contributed by atoms with van der Waals surface area (Å²) in [4.78, 5) is 0. The predicted octanol–water partition coefficient (Wildman–Crippen LogP) is 4.99. The molecule has 2 aromatic carbocycles. The molecule has 0 aromatic heterocycles. The van der Waals surface area contributed by atoms with Crippen molar-refractivity contribution in [3.63, 3.8) is 0 Å². The molecule has 0 amide bonds. The molecule has 1 N–H and O–H groups in total. The van der Waals surface area contributed by atoms with Crippen LogP contribution in [0.5, 0.6) is 0 Å². The van der Waals surface area contributed by atoms with Gasteiger partial charge in [-0.25, -0.2) is 4.39 Å². The van der Waals surface area contributed by atoms with Crippen molar-refractivity contribution in [2.24, 2.45) is 5.92 Å². The Morgan fingerprint density at radius 2 is 1.76 bits per heavy atom. The van der Waals surface area contributed by atoms with Gasteiger partial charge in [0, 0.05) is 0 Å². The second-order valence-electron chi connectivity index (χ2n) is 5.70. The molecule has 0 saturated heterocycles. The number of nitrogens with one attached hydrogen (secondary N) is 1. The topological polar surface area (TPSA) is 12.0 Å². The Morgan fingerprint density at radius 1 is 1.10 bits per heavy atom. The molecular formula is C18H21ClFN. The van der Waals surface area contributed by atoms with E-state index in [0.717, 1.165) is 17.5 Å². The van der Waals surface area contributed by atoms with Crippen LogP contribution in [0.3, 0.4) is 0 Å². The van der Waals surface area contributed by atoms with Gasteiger partial charge in [0.05, 0.1) is 11.1 Å². The van der Waals surface area contributed by atoms with E-state index in [9.17, 15) is 4.39 Å². The van der Waals surface area contributed by atoms with Crippen molar-refractivity contribution < 1.29 is 4.39 Å². The number of hydrogen-bond acceptors (Lipinski definition) is 1. The molecule has 21 heavy (non-hydrogen) atoms. The summed E-state index contributed by atoms with van der Waals surface area (Å²) in [6, 6.07) is 13.2. The standard InChI is InChI=1S/C18H21ClFN/c1-12(2)11-13-7-9-14(10-8-13)18(21-3)15-5-4-6-16(20)17(15)19/h4-10,12,18,21H,11H2,1-3H3. The van der Waals surface area contributed by atoms with Crippen molar-refractivity contribution in [1.82, 2.24) is 5.32 Å². The summed E-state index contributed by atoms with van der Waals surface area (Å²) >= 11 is 6.10. The fourth-order valence-corrected chi connectivity index (χ4v) is 2.80. The van der Waals surface area contributed by atoms with E-state index in [1.807, 2.05) is 13.1 Å². The maximum atomic E-state index is 13.6. The molecule has 112 valence electrons. The van der Waals surface area contributed by atoms with Gasteiger partial charge in [-0.05, 0) is 42.1 Å². The van der Waals surface area contributed by atoms with E-state index in [-0.39, 0.29) is 16.9 Å². The van der Waals surface area contributed by atoms with Gasteiger partial charge >= 0.3 is 0 Å². The minimum Gasteiger partial charge on any atom is -0.309 e. The molecule has 1 nitrogen and oxygen atoms in total. The van der Waals surface area contributed by atoms with Gasteiger partial charge < -0.3 is 5.32 Å². The van der Waals surface area contributed by atoms with Crippen LogP contribution < -0.4 is 5.32 Å². The molecule has 0 heterocycles. The van der Waals surface area contributed by atoms with E-state index in [2.05, 4.69) is 43.4 Å². The Morgan fingerprint density at radius 3 is 2.33 bits per heavy atom. The Hall–Kier alpha value is -1.38. The molecule has 1 unspecified atom stereocenters. The fraction of sp³-hybridized carbons (Fsp3) is 0.333. The second-order valence-corrected chi connectivity index (χ2v) is 6.08. The summed E-state index contributed by atoms with van der Waals surface area (Å²) in [5.74, 6) is 0.249. The lowest BCUT2D eigenvalue weighted by atomic mass is 9.95. The first kappa shape index (κ1) is 16.0. The van der Waals surface area contributed by atoms with Crippen molar-refractivity contribution in [3.8, 4) is 0 Å². The third-order valence-corrected chi connectivity index (χ3v) is 3.94. The van der Waals surface area contributed by atoms with Crippen molar-refractivity contribution in [3.05, 3.63) is 70.0 Å². The summed E-state index contributed by atoms with van der Waals surface area (Å²) in [5.41, 5.74) is 3.15. The molecule has 2 rings (SSSR count). The highest BCUT2D eigenvalue weighted by Gasteiger charge is 2.17. The van der Waals surface area contributed by atoms with Crippen LogP contribution in [-0.4, -0.2) is 7.05 Å². The van der Waals surface area contributed by atoms with E-state index in [4.69, 9.17) is 11.6 Å². The van der Waals surface area contributed by atoms with Crippen LogP contribution >= 0.6 is 11.6 Å². The van der Waals surface area contributed by atoms with E-state index in [1.165, 1.54) is 11.6 Å². The molecule has 2 aromatic rings. The Bertz CT molecular complexity index is 593. The van der Waals surface area contributed by atoms with E-state index >= 15 is 0 Å². The van der Waals surface area contributed by atoms with Gasteiger partial charge in [-0.2, -0.15) is 0 Å². The van der Waals surface area contributed by atoms with Crippen LogP contribution in [0.25, 0.3) is 0 Å². The number of benzene rings is 2. The Labute approximate surface area is 131 Å². The molecule has 3 heteroatoms. The average molecular weight is 306 g/mol. The van der Waals surface area contributed by atoms with Crippen molar-refractivity contribution in [1.29, 1.82) is 0 Å². The van der Waals surface area contributed by atoms with Gasteiger partial charge in [0.25, 0.3) is 0 Å². The van der Waals surface area contributed by atoms with Gasteiger partial charge in [-0.1, -0.05) is 61.8 Å². The van der Waals surface area contributed by atoms with Crippen molar-refractivity contribution in [2.75, 3.05) is 7.05 Å². The normalized spacial score (nSPS) is 12.7. The number of rotatable bonds is 5. The van der Waals surface area contributed by atoms with Crippen LogP contribution in [-0.2, 0) is 6.42 Å². The molecule has 0 aliphatic carbocycles. The quantitative estimate of drug-likeness (QED) is 0.821. The summed E-state index contributed by atoms with van der Waals surface area (Å²) in [5, 5.41) is 3.40. The van der Waals surface area contributed by atoms with E-state index in [1.54, 1.807) is 6.07 Å². The summed E-state index contributed by atoms with van der Waals surface area (Å²) < 4.78 is 13.6. The maximum Gasteiger partial charge on any atom is 0.142 e. The first-order chi connectivity index (χ1) is 10.0. The maximum absolute atomic E-state index is 13.6. The molecule has 0 radical (unpaired) electrons. The lowest BCUT2D eigenvalue weighted by Crippen LogP contribution is -2.18. The minimum absolute atomic E-state index is 0.110. The lowest BCUT2D eigenvalue weighted by molar-refractivity contribution is 0.617. The summed E-state index contributed by atoms with van der Waals surface area (Å²) in [6.07, 6.45) is 1.06. The molecule has 0 aliphatic heterocycles. The highest BCUT2D eigenvalue weighted by atomic mass is 35.5. The van der Waals surface area contributed by atoms with E-state index < -0.39 is 0 Å². The second kappa shape index (κ2) is 7.06. The third-order valence-electron chi connectivity index (χ3n) is 3.54. The molecule has 0 fully saturated rings.